The fraction of sp³-hybridized carbons (Fsp3) is 0.407. The molecule has 4 atom stereocenters. The summed E-state index contributed by atoms with van der Waals surface area (Å²) in [6.07, 6.45) is 0.119. The van der Waals surface area contributed by atoms with Crippen molar-refractivity contribution in [3.63, 3.8) is 0 Å². The summed E-state index contributed by atoms with van der Waals surface area (Å²) in [5.41, 5.74) is -1.69. The predicted octanol–water partition coefficient (Wildman–Crippen LogP) is 3.91. The summed E-state index contributed by atoms with van der Waals surface area (Å²) in [6.45, 7) is 7.04. The van der Waals surface area contributed by atoms with Gasteiger partial charge in [-0.2, -0.15) is 0 Å². The Morgan fingerprint density at radius 3 is 2.22 bits per heavy atom. The number of methoxy groups -OCH3 is 1. The minimum Gasteiger partial charge on any atom is -0.497 e. The number of likely N-dealkylation sites (tertiary alicyclic amines) is 1. The van der Waals surface area contributed by atoms with Crippen LogP contribution < -0.4 is 9.64 Å². The van der Waals surface area contributed by atoms with Gasteiger partial charge in [0.15, 0.2) is 0 Å². The Morgan fingerprint density at radius 2 is 1.67 bits per heavy atom. The SMILES string of the molecule is CC[C@@]12C(=O)N(c3cccc(F)c3)C(=O)N1[C@H](c1ccc(OC)cc1)[C@@H]1C(=O)N(C(C)(C)C)C(=O)[C@@H]12. The molecule has 3 aliphatic heterocycles. The van der Waals surface area contributed by atoms with Gasteiger partial charge in [0, 0.05) is 5.54 Å². The lowest BCUT2D eigenvalue weighted by atomic mass is 9.77. The molecule has 0 unspecified atom stereocenters. The number of anilines is 1. The maximum atomic E-state index is 14.1. The minimum atomic E-state index is -1.58. The average Bonchev–Trinajstić information content (AvgIpc) is 3.37. The van der Waals surface area contributed by atoms with Gasteiger partial charge >= 0.3 is 6.03 Å². The van der Waals surface area contributed by atoms with Gasteiger partial charge in [-0.25, -0.2) is 14.1 Å². The number of hydrogen-bond acceptors (Lipinski definition) is 5. The quantitative estimate of drug-likeness (QED) is 0.476. The maximum Gasteiger partial charge on any atom is 0.332 e. The molecule has 0 radical (unpaired) electrons. The molecule has 0 saturated carbocycles. The van der Waals surface area contributed by atoms with Crippen LogP contribution in [-0.2, 0) is 14.4 Å². The van der Waals surface area contributed by atoms with Crippen LogP contribution in [0, 0.1) is 17.7 Å². The number of halogens is 1. The molecular formula is C27H28FN3O5. The van der Waals surface area contributed by atoms with Gasteiger partial charge in [-0.15, -0.1) is 0 Å². The number of hydrogen-bond donors (Lipinski definition) is 0. The van der Waals surface area contributed by atoms with Crippen molar-refractivity contribution in [3.8, 4) is 5.75 Å². The van der Waals surface area contributed by atoms with Crippen LogP contribution in [0.25, 0.3) is 0 Å². The van der Waals surface area contributed by atoms with Crippen molar-refractivity contribution in [3.05, 3.63) is 59.9 Å². The number of benzene rings is 2. The number of urea groups is 1. The number of carbonyl (C=O) groups excluding carboxylic acids is 4. The van der Waals surface area contributed by atoms with Crippen LogP contribution in [0.5, 0.6) is 5.75 Å². The first-order chi connectivity index (χ1) is 17.0. The van der Waals surface area contributed by atoms with Crippen LogP contribution in [0.4, 0.5) is 14.9 Å². The van der Waals surface area contributed by atoms with E-state index < -0.39 is 58.5 Å². The van der Waals surface area contributed by atoms with E-state index in [1.807, 2.05) is 0 Å². The molecule has 0 aromatic heterocycles. The highest BCUT2D eigenvalue weighted by Crippen LogP contribution is 2.60. The molecule has 0 spiro atoms. The number of fused-ring (bicyclic) bond motifs is 3. The molecule has 36 heavy (non-hydrogen) atoms. The van der Waals surface area contributed by atoms with Gasteiger partial charge < -0.3 is 9.64 Å². The van der Waals surface area contributed by atoms with E-state index >= 15 is 0 Å². The molecule has 5 rings (SSSR count). The first-order valence-electron chi connectivity index (χ1n) is 11.9. The highest BCUT2D eigenvalue weighted by Gasteiger charge is 2.77. The topological polar surface area (TPSA) is 87.2 Å². The summed E-state index contributed by atoms with van der Waals surface area (Å²) in [6, 6.07) is 10.6. The molecule has 8 nitrogen and oxygen atoms in total. The predicted molar refractivity (Wildman–Crippen MR) is 128 cm³/mol. The Balaban J connectivity index is 1.74. The van der Waals surface area contributed by atoms with E-state index in [1.165, 1.54) is 35.1 Å². The number of rotatable bonds is 4. The fourth-order valence-electron chi connectivity index (χ4n) is 6.19. The normalized spacial score (nSPS) is 27.7. The van der Waals surface area contributed by atoms with E-state index in [2.05, 4.69) is 0 Å². The minimum absolute atomic E-state index is 0.0849. The largest absolute Gasteiger partial charge is 0.497 e. The van der Waals surface area contributed by atoms with E-state index in [1.54, 1.807) is 52.0 Å². The van der Waals surface area contributed by atoms with Gasteiger partial charge in [0.2, 0.25) is 11.8 Å². The van der Waals surface area contributed by atoms with Crippen LogP contribution >= 0.6 is 0 Å². The first kappa shape index (κ1) is 24.0. The van der Waals surface area contributed by atoms with Gasteiger partial charge in [-0.1, -0.05) is 25.1 Å². The molecule has 3 fully saturated rings. The Morgan fingerprint density at radius 1 is 1.00 bits per heavy atom. The second-order valence-electron chi connectivity index (χ2n) is 10.5. The van der Waals surface area contributed by atoms with Crippen molar-refractivity contribution in [2.24, 2.45) is 11.8 Å². The Bertz CT molecular complexity index is 1290. The monoisotopic (exact) mass is 493 g/mol. The lowest BCUT2D eigenvalue weighted by Gasteiger charge is -2.37. The standard InChI is InChI=1S/C27H28FN3O5/c1-6-27-20-19(22(32)31(23(20)33)26(2,3)4)21(15-10-12-18(36-5)13-11-15)30(27)25(35)29(24(27)34)17-9-7-8-16(28)14-17/h7-14,19-21H,6H2,1-5H3/t19-,20-,21-,27-/m1/s1. The number of ether oxygens (including phenoxy) is 1. The molecule has 0 N–H and O–H groups in total. The van der Waals surface area contributed by atoms with E-state index in [4.69, 9.17) is 4.74 Å². The van der Waals surface area contributed by atoms with Gasteiger partial charge in [0.05, 0.1) is 30.7 Å². The van der Waals surface area contributed by atoms with E-state index in [0.717, 1.165) is 11.0 Å². The van der Waals surface area contributed by atoms with Crippen LogP contribution in [0.1, 0.15) is 45.7 Å². The average molecular weight is 494 g/mol. The van der Waals surface area contributed by atoms with E-state index in [-0.39, 0.29) is 12.1 Å². The number of amides is 5. The van der Waals surface area contributed by atoms with Crippen molar-refractivity contribution in [2.75, 3.05) is 12.0 Å². The first-order valence-corrected chi connectivity index (χ1v) is 11.9. The van der Waals surface area contributed by atoms with Gasteiger partial charge in [0.1, 0.15) is 17.1 Å². The summed E-state index contributed by atoms with van der Waals surface area (Å²) >= 11 is 0. The van der Waals surface area contributed by atoms with Gasteiger partial charge in [-0.05, 0) is 63.1 Å². The summed E-state index contributed by atoms with van der Waals surface area (Å²) in [4.78, 5) is 59.4. The Labute approximate surface area is 208 Å². The summed E-state index contributed by atoms with van der Waals surface area (Å²) < 4.78 is 19.3. The van der Waals surface area contributed by atoms with E-state index in [0.29, 0.717) is 11.3 Å². The summed E-state index contributed by atoms with van der Waals surface area (Å²) in [5.74, 6) is -3.49. The molecule has 3 heterocycles. The molecule has 0 aliphatic carbocycles. The summed E-state index contributed by atoms with van der Waals surface area (Å²) in [5, 5.41) is 0. The van der Waals surface area contributed by atoms with Crippen LogP contribution in [-0.4, -0.2) is 51.7 Å². The smallest absolute Gasteiger partial charge is 0.332 e. The van der Waals surface area contributed by atoms with Crippen molar-refractivity contribution < 1.29 is 28.3 Å². The molecule has 0 bridgehead atoms. The lowest BCUT2D eigenvalue weighted by Crippen LogP contribution is -2.55. The molecule has 3 saturated heterocycles. The van der Waals surface area contributed by atoms with Crippen molar-refractivity contribution in [2.45, 2.75) is 51.2 Å². The third-order valence-electron chi connectivity index (χ3n) is 7.62. The Hall–Kier alpha value is -3.75. The maximum absolute atomic E-state index is 14.1. The molecule has 3 aliphatic rings. The molecular weight excluding hydrogens is 465 g/mol. The Kier molecular flexibility index (Phi) is 5.24. The van der Waals surface area contributed by atoms with Gasteiger partial charge in [-0.3, -0.25) is 19.3 Å². The van der Waals surface area contributed by atoms with Crippen molar-refractivity contribution in [1.82, 2.24) is 9.80 Å². The highest BCUT2D eigenvalue weighted by atomic mass is 19.1. The molecule has 9 heteroatoms. The molecule has 188 valence electrons. The zero-order chi connectivity index (χ0) is 26.2. The number of nitrogens with zero attached hydrogens (tertiary/aromatic N) is 3. The van der Waals surface area contributed by atoms with Gasteiger partial charge in [0.25, 0.3) is 5.91 Å². The molecule has 2 aromatic rings. The highest BCUT2D eigenvalue weighted by molar-refractivity contribution is 6.26. The number of imide groups is 2. The summed E-state index contributed by atoms with van der Waals surface area (Å²) in [7, 11) is 1.53. The van der Waals surface area contributed by atoms with Crippen LogP contribution in [0.2, 0.25) is 0 Å². The number of carbonyl (C=O) groups is 4. The second-order valence-corrected chi connectivity index (χ2v) is 10.5. The lowest BCUT2D eigenvalue weighted by molar-refractivity contribution is -0.149. The van der Waals surface area contributed by atoms with Crippen LogP contribution in [0.15, 0.2) is 48.5 Å². The van der Waals surface area contributed by atoms with Crippen molar-refractivity contribution in [1.29, 1.82) is 0 Å². The molecule has 2 aromatic carbocycles. The third kappa shape index (κ3) is 2.98. The molecule has 5 amide bonds. The van der Waals surface area contributed by atoms with Crippen LogP contribution in [0.3, 0.4) is 0 Å². The van der Waals surface area contributed by atoms with Crippen molar-refractivity contribution >= 4 is 29.4 Å². The fourth-order valence-corrected chi connectivity index (χ4v) is 6.19. The zero-order valence-electron chi connectivity index (χ0n) is 20.8. The second kappa shape index (κ2) is 7.88. The zero-order valence-corrected chi connectivity index (χ0v) is 20.8. The third-order valence-corrected chi connectivity index (χ3v) is 7.62. The van der Waals surface area contributed by atoms with E-state index in [9.17, 15) is 23.6 Å².